The third-order valence-corrected chi connectivity index (χ3v) is 3.41. The Morgan fingerprint density at radius 3 is 3.00 bits per heavy atom. The van der Waals surface area contributed by atoms with Crippen LogP contribution in [-0.4, -0.2) is 32.7 Å². The van der Waals surface area contributed by atoms with Crippen LogP contribution < -0.4 is 0 Å². The first-order valence-corrected chi connectivity index (χ1v) is 6.27. The van der Waals surface area contributed by atoms with Crippen molar-refractivity contribution in [3.05, 3.63) is 35.2 Å². The highest BCUT2D eigenvalue weighted by Gasteiger charge is 2.10. The average Bonchev–Trinajstić information content (AvgIpc) is 2.82. The van der Waals surface area contributed by atoms with Gasteiger partial charge >= 0.3 is 0 Å². The molecule has 0 radical (unpaired) electrons. The normalized spacial score (nSPS) is 10.9. The number of methoxy groups -OCH3 is 1. The van der Waals surface area contributed by atoms with Crippen molar-refractivity contribution < 1.29 is 14.3 Å². The van der Waals surface area contributed by atoms with Gasteiger partial charge in [-0.1, -0.05) is 12.1 Å². The fourth-order valence-electron chi connectivity index (χ4n) is 1.60. The van der Waals surface area contributed by atoms with Gasteiger partial charge in [-0.15, -0.1) is 11.3 Å². The van der Waals surface area contributed by atoms with Gasteiger partial charge in [0.2, 0.25) is 0 Å². The Balaban J connectivity index is 2.06. The molecule has 0 amide bonds. The third-order valence-electron chi connectivity index (χ3n) is 2.44. The second-order valence-electron chi connectivity index (χ2n) is 3.61. The molecule has 0 unspecified atom stereocenters. The lowest BCUT2D eigenvalue weighted by molar-refractivity contribution is 0.0578. The largest absolute Gasteiger partial charge is 0.382 e. The van der Waals surface area contributed by atoms with Crippen LogP contribution in [0.3, 0.4) is 0 Å². The van der Waals surface area contributed by atoms with Crippen LogP contribution in [0.1, 0.15) is 10.4 Å². The molecule has 17 heavy (non-hydrogen) atoms. The van der Waals surface area contributed by atoms with E-state index in [2.05, 4.69) is 0 Å². The highest BCUT2D eigenvalue weighted by atomic mass is 32.1. The lowest BCUT2D eigenvalue weighted by Crippen LogP contribution is -2.12. The van der Waals surface area contributed by atoms with Gasteiger partial charge in [-0.25, -0.2) is 0 Å². The number of carbonyl (C=O) groups excluding carboxylic acids is 1. The van der Waals surface area contributed by atoms with Gasteiger partial charge in [-0.05, 0) is 22.9 Å². The summed E-state index contributed by atoms with van der Waals surface area (Å²) in [7, 11) is 1.61. The second kappa shape index (κ2) is 5.91. The minimum Gasteiger partial charge on any atom is -0.382 e. The molecule has 1 heterocycles. The molecule has 0 bridgehead atoms. The minimum absolute atomic E-state index is 0.0224. The molecular formula is C13H14O3S. The molecule has 0 saturated carbocycles. The molecule has 0 aliphatic carbocycles. The monoisotopic (exact) mass is 250 g/mol. The van der Waals surface area contributed by atoms with E-state index in [1.165, 1.54) is 0 Å². The van der Waals surface area contributed by atoms with Crippen molar-refractivity contribution >= 4 is 27.2 Å². The Morgan fingerprint density at radius 1 is 1.29 bits per heavy atom. The molecule has 0 N–H and O–H groups in total. The van der Waals surface area contributed by atoms with Gasteiger partial charge in [-0.2, -0.15) is 0 Å². The summed E-state index contributed by atoms with van der Waals surface area (Å²) in [5.41, 5.74) is 0.745. The zero-order valence-electron chi connectivity index (χ0n) is 9.64. The second-order valence-corrected chi connectivity index (χ2v) is 4.53. The maximum Gasteiger partial charge on any atom is 0.189 e. The van der Waals surface area contributed by atoms with E-state index in [1.807, 2.05) is 29.6 Å². The van der Waals surface area contributed by atoms with E-state index in [-0.39, 0.29) is 12.4 Å². The topological polar surface area (TPSA) is 35.5 Å². The van der Waals surface area contributed by atoms with E-state index < -0.39 is 0 Å². The summed E-state index contributed by atoms with van der Waals surface area (Å²) in [5, 5.41) is 3.10. The lowest BCUT2D eigenvalue weighted by Gasteiger charge is -2.04. The smallest absolute Gasteiger partial charge is 0.189 e. The van der Waals surface area contributed by atoms with E-state index in [0.29, 0.717) is 13.2 Å². The number of hydrogen-bond donors (Lipinski definition) is 0. The number of benzene rings is 1. The Kier molecular flexibility index (Phi) is 4.25. The van der Waals surface area contributed by atoms with Crippen LogP contribution >= 0.6 is 11.3 Å². The number of ketones is 1. The molecule has 1 aromatic heterocycles. The maximum absolute atomic E-state index is 12.0. The molecule has 0 aliphatic rings. The van der Waals surface area contributed by atoms with Gasteiger partial charge in [0.05, 0.1) is 13.2 Å². The SMILES string of the molecule is COCCOCC(=O)c1cccc2ccsc12. The van der Waals surface area contributed by atoms with E-state index in [4.69, 9.17) is 9.47 Å². The first-order valence-electron chi connectivity index (χ1n) is 5.39. The predicted octanol–water partition coefficient (Wildman–Crippen LogP) is 2.75. The number of rotatable bonds is 6. The molecule has 4 heteroatoms. The number of fused-ring (bicyclic) bond motifs is 1. The average molecular weight is 250 g/mol. The molecular weight excluding hydrogens is 236 g/mol. The van der Waals surface area contributed by atoms with Crippen molar-refractivity contribution in [3.8, 4) is 0 Å². The van der Waals surface area contributed by atoms with Gasteiger partial charge in [-0.3, -0.25) is 4.79 Å². The van der Waals surface area contributed by atoms with Gasteiger partial charge in [0.25, 0.3) is 0 Å². The molecule has 90 valence electrons. The van der Waals surface area contributed by atoms with Crippen molar-refractivity contribution in [3.63, 3.8) is 0 Å². The zero-order chi connectivity index (χ0) is 12.1. The van der Waals surface area contributed by atoms with E-state index in [0.717, 1.165) is 15.6 Å². The van der Waals surface area contributed by atoms with E-state index >= 15 is 0 Å². The first kappa shape index (κ1) is 12.2. The van der Waals surface area contributed by atoms with E-state index in [1.54, 1.807) is 18.4 Å². The van der Waals surface area contributed by atoms with Crippen LogP contribution in [0.2, 0.25) is 0 Å². The number of Topliss-reactive ketones (excluding diaryl/α,β-unsaturated/α-hetero) is 1. The Hall–Kier alpha value is -1.23. The van der Waals surface area contributed by atoms with Crippen molar-refractivity contribution in [1.82, 2.24) is 0 Å². The van der Waals surface area contributed by atoms with Crippen molar-refractivity contribution in [2.45, 2.75) is 0 Å². The van der Waals surface area contributed by atoms with Crippen molar-refractivity contribution in [1.29, 1.82) is 0 Å². The summed E-state index contributed by atoms with van der Waals surface area (Å²) in [6.07, 6.45) is 0. The summed E-state index contributed by atoms with van der Waals surface area (Å²) in [6.45, 7) is 1.07. The molecule has 0 aliphatic heterocycles. The van der Waals surface area contributed by atoms with Crippen molar-refractivity contribution in [2.24, 2.45) is 0 Å². The van der Waals surface area contributed by atoms with Crippen LogP contribution in [0.5, 0.6) is 0 Å². The number of hydrogen-bond acceptors (Lipinski definition) is 4. The Bertz CT molecular complexity index is 504. The maximum atomic E-state index is 12.0. The van der Waals surface area contributed by atoms with Gasteiger partial charge < -0.3 is 9.47 Å². The van der Waals surface area contributed by atoms with Gasteiger partial charge in [0, 0.05) is 17.4 Å². The van der Waals surface area contributed by atoms with Crippen LogP contribution in [0.4, 0.5) is 0 Å². The van der Waals surface area contributed by atoms with Crippen LogP contribution in [0.15, 0.2) is 29.6 Å². The van der Waals surface area contributed by atoms with Gasteiger partial charge in [0.15, 0.2) is 5.78 Å². The molecule has 0 saturated heterocycles. The van der Waals surface area contributed by atoms with Crippen LogP contribution in [-0.2, 0) is 9.47 Å². The Morgan fingerprint density at radius 2 is 2.18 bits per heavy atom. The molecule has 2 rings (SSSR count). The predicted molar refractivity (Wildman–Crippen MR) is 68.9 cm³/mol. The van der Waals surface area contributed by atoms with E-state index in [9.17, 15) is 4.79 Å². The summed E-state index contributed by atoms with van der Waals surface area (Å²) in [6, 6.07) is 7.77. The number of ether oxygens (including phenoxy) is 2. The quantitative estimate of drug-likeness (QED) is 0.584. The molecule has 3 nitrogen and oxygen atoms in total. The summed E-state index contributed by atoms with van der Waals surface area (Å²) < 4.78 is 11.1. The highest BCUT2D eigenvalue weighted by molar-refractivity contribution is 7.17. The third kappa shape index (κ3) is 2.91. The van der Waals surface area contributed by atoms with Crippen molar-refractivity contribution in [2.75, 3.05) is 26.9 Å². The highest BCUT2D eigenvalue weighted by Crippen LogP contribution is 2.24. The molecule has 0 spiro atoms. The first-order chi connectivity index (χ1) is 8.33. The molecule has 0 fully saturated rings. The summed E-state index contributed by atoms with van der Waals surface area (Å²) in [5.74, 6) is 0.0224. The fourth-order valence-corrected chi connectivity index (χ4v) is 2.53. The minimum atomic E-state index is 0.0224. The molecule has 0 atom stereocenters. The number of carbonyl (C=O) groups is 1. The lowest BCUT2D eigenvalue weighted by atomic mass is 10.1. The molecule has 2 aromatic rings. The zero-order valence-corrected chi connectivity index (χ0v) is 10.5. The van der Waals surface area contributed by atoms with Crippen LogP contribution in [0.25, 0.3) is 10.1 Å². The summed E-state index contributed by atoms with van der Waals surface area (Å²) >= 11 is 1.58. The summed E-state index contributed by atoms with van der Waals surface area (Å²) in [4.78, 5) is 12.0. The number of thiophene rings is 1. The Labute approximate surface area is 104 Å². The fraction of sp³-hybridized carbons (Fsp3) is 0.308. The van der Waals surface area contributed by atoms with Crippen LogP contribution in [0, 0.1) is 0 Å². The molecule has 1 aromatic carbocycles. The standard InChI is InChI=1S/C13H14O3S/c1-15-6-7-16-9-12(14)11-4-2-3-10-5-8-17-13(10)11/h2-5,8H,6-7,9H2,1H3. The van der Waals surface area contributed by atoms with Gasteiger partial charge in [0.1, 0.15) is 6.61 Å².